The molecule has 0 radical (unpaired) electrons. The van der Waals surface area contributed by atoms with Crippen LogP contribution in [0.1, 0.15) is 48.1 Å². The lowest BCUT2D eigenvalue weighted by atomic mass is 9.86. The van der Waals surface area contributed by atoms with Crippen molar-refractivity contribution in [2.75, 3.05) is 0 Å². The van der Waals surface area contributed by atoms with Gasteiger partial charge in [-0.1, -0.05) is 32.6 Å². The molecule has 0 saturated heterocycles. The molecule has 152 valence electrons. The van der Waals surface area contributed by atoms with E-state index in [-0.39, 0.29) is 18.6 Å². The number of aliphatic hydroxyl groups is 1. The first-order chi connectivity index (χ1) is 14.4. The fraction of sp³-hybridized carbons (Fsp3) is 0.292. The zero-order chi connectivity index (χ0) is 21.2. The quantitative estimate of drug-likeness (QED) is 0.532. The average molecular weight is 402 g/mol. The van der Waals surface area contributed by atoms with E-state index >= 15 is 0 Å². The van der Waals surface area contributed by atoms with Gasteiger partial charge in [0, 0.05) is 16.5 Å². The number of hydrogen-bond acceptors (Lipinski definition) is 5. The summed E-state index contributed by atoms with van der Waals surface area (Å²) in [5.41, 5.74) is 4.04. The van der Waals surface area contributed by atoms with Crippen molar-refractivity contribution < 1.29 is 14.6 Å². The summed E-state index contributed by atoms with van der Waals surface area (Å²) in [6.07, 6.45) is 2.73. The molecule has 30 heavy (non-hydrogen) atoms. The number of carbonyl (C=O) groups is 1. The van der Waals surface area contributed by atoms with E-state index in [4.69, 9.17) is 9.72 Å². The van der Waals surface area contributed by atoms with Crippen LogP contribution in [0.4, 0.5) is 0 Å². The van der Waals surface area contributed by atoms with Gasteiger partial charge in [-0.3, -0.25) is 4.79 Å². The van der Waals surface area contributed by atoms with Crippen LogP contribution in [0, 0.1) is 0 Å². The summed E-state index contributed by atoms with van der Waals surface area (Å²) < 4.78 is 6.81. The van der Waals surface area contributed by atoms with Crippen LogP contribution in [0.25, 0.3) is 28.4 Å². The number of cyclic esters (lactones) is 1. The Kier molecular flexibility index (Phi) is 3.98. The largest absolute Gasteiger partial charge is 0.458 e. The van der Waals surface area contributed by atoms with Crippen LogP contribution in [-0.4, -0.2) is 20.6 Å². The lowest BCUT2D eigenvalue weighted by molar-refractivity contribution is -0.172. The summed E-state index contributed by atoms with van der Waals surface area (Å²) >= 11 is 0. The van der Waals surface area contributed by atoms with E-state index in [1.54, 1.807) is 17.6 Å². The third-order valence-electron chi connectivity index (χ3n) is 6.42. The van der Waals surface area contributed by atoms with Crippen molar-refractivity contribution in [3.63, 3.8) is 0 Å². The highest BCUT2D eigenvalue weighted by atomic mass is 16.6. The van der Waals surface area contributed by atoms with Gasteiger partial charge < -0.3 is 14.4 Å². The van der Waals surface area contributed by atoms with E-state index < -0.39 is 11.6 Å². The Bertz CT molecular complexity index is 1320. The Morgan fingerprint density at radius 2 is 2.07 bits per heavy atom. The van der Waals surface area contributed by atoms with E-state index in [9.17, 15) is 14.7 Å². The van der Waals surface area contributed by atoms with Crippen LogP contribution in [0.3, 0.4) is 0 Å². The molecular weight excluding hydrogens is 380 g/mol. The van der Waals surface area contributed by atoms with Gasteiger partial charge in [-0.05, 0) is 42.2 Å². The number of rotatable bonds is 3. The van der Waals surface area contributed by atoms with E-state index in [0.29, 0.717) is 23.4 Å². The average Bonchev–Trinajstić information content (AvgIpc) is 3.13. The van der Waals surface area contributed by atoms with Gasteiger partial charge in [-0.15, -0.1) is 0 Å². The summed E-state index contributed by atoms with van der Waals surface area (Å²) in [6, 6.07) is 7.76. The molecule has 4 heterocycles. The van der Waals surface area contributed by atoms with Crippen LogP contribution >= 0.6 is 0 Å². The van der Waals surface area contributed by atoms with Crippen molar-refractivity contribution >= 4 is 22.9 Å². The highest BCUT2D eigenvalue weighted by Gasteiger charge is 2.45. The molecule has 6 heteroatoms. The Morgan fingerprint density at radius 1 is 1.27 bits per heavy atom. The molecule has 0 spiro atoms. The predicted molar refractivity (Wildman–Crippen MR) is 114 cm³/mol. The molecule has 0 saturated carbocycles. The topological polar surface area (TPSA) is 81.4 Å². The van der Waals surface area contributed by atoms with Crippen molar-refractivity contribution in [1.29, 1.82) is 0 Å². The van der Waals surface area contributed by atoms with Gasteiger partial charge in [0.15, 0.2) is 5.60 Å². The van der Waals surface area contributed by atoms with E-state index in [0.717, 1.165) is 39.7 Å². The molecule has 5 rings (SSSR count). The standard InChI is InChI=1S/C24H22N2O4/c1-4-13-7-8-19-15(9-13)14(5-2)16-11-26-20(21(16)25-19)10-18-17(22(26)27)12-30-23(28)24(18,29)6-3/h4,7-10,29H,1,5-6,11-12H2,2-3H3/t24-/m0/s1. The highest BCUT2D eigenvalue weighted by Crippen LogP contribution is 2.40. The lowest BCUT2D eigenvalue weighted by Crippen LogP contribution is -2.44. The predicted octanol–water partition coefficient (Wildman–Crippen LogP) is 3.29. The van der Waals surface area contributed by atoms with Crippen molar-refractivity contribution in [3.05, 3.63) is 69.0 Å². The molecule has 2 aliphatic heterocycles. The van der Waals surface area contributed by atoms with Crippen LogP contribution in [0.2, 0.25) is 0 Å². The molecule has 1 N–H and O–H groups in total. The van der Waals surface area contributed by atoms with Gasteiger partial charge >= 0.3 is 5.97 Å². The number of esters is 1. The molecule has 1 aromatic carbocycles. The molecule has 1 atom stereocenters. The number of aromatic nitrogens is 2. The molecule has 0 unspecified atom stereocenters. The van der Waals surface area contributed by atoms with Gasteiger partial charge in [-0.25, -0.2) is 9.78 Å². The van der Waals surface area contributed by atoms with Crippen molar-refractivity contribution in [3.8, 4) is 11.4 Å². The smallest absolute Gasteiger partial charge is 0.343 e. The van der Waals surface area contributed by atoms with E-state index in [2.05, 4.69) is 19.6 Å². The second kappa shape index (κ2) is 6.37. The first-order valence-electron chi connectivity index (χ1n) is 10.2. The second-order valence-electron chi connectivity index (χ2n) is 7.85. The van der Waals surface area contributed by atoms with Gasteiger partial charge in [0.1, 0.15) is 6.61 Å². The number of pyridine rings is 2. The molecule has 0 bridgehead atoms. The summed E-state index contributed by atoms with van der Waals surface area (Å²) in [7, 11) is 0. The maximum absolute atomic E-state index is 13.3. The summed E-state index contributed by atoms with van der Waals surface area (Å²) in [5, 5.41) is 12.0. The lowest BCUT2D eigenvalue weighted by Gasteiger charge is -2.31. The molecule has 0 fully saturated rings. The molecular formula is C24H22N2O4. The number of aryl methyl sites for hydroxylation is 1. The zero-order valence-electron chi connectivity index (χ0n) is 17.0. The maximum atomic E-state index is 13.3. The van der Waals surface area contributed by atoms with Crippen LogP contribution in [0.5, 0.6) is 0 Å². The van der Waals surface area contributed by atoms with Gasteiger partial charge in [-0.2, -0.15) is 0 Å². The van der Waals surface area contributed by atoms with Gasteiger partial charge in [0.05, 0.1) is 29.0 Å². The van der Waals surface area contributed by atoms with Gasteiger partial charge in [0.25, 0.3) is 5.56 Å². The summed E-state index contributed by atoms with van der Waals surface area (Å²) in [5.74, 6) is -0.710. The first-order valence-corrected chi connectivity index (χ1v) is 10.2. The fourth-order valence-electron chi connectivity index (χ4n) is 4.71. The molecule has 0 amide bonds. The first kappa shape index (κ1) is 18.8. The van der Waals surface area contributed by atoms with Crippen molar-refractivity contribution in [2.24, 2.45) is 0 Å². The zero-order valence-corrected chi connectivity index (χ0v) is 17.0. The number of fused-ring (bicyclic) bond motifs is 5. The molecule has 6 nitrogen and oxygen atoms in total. The second-order valence-corrected chi connectivity index (χ2v) is 7.85. The Labute approximate surface area is 173 Å². The number of hydrogen-bond donors (Lipinski definition) is 1. The maximum Gasteiger partial charge on any atom is 0.343 e. The third kappa shape index (κ3) is 2.31. The molecule has 3 aromatic rings. The third-order valence-corrected chi connectivity index (χ3v) is 6.42. The minimum Gasteiger partial charge on any atom is -0.458 e. The summed E-state index contributed by atoms with van der Waals surface area (Å²) in [6.45, 7) is 7.94. The fourth-order valence-corrected chi connectivity index (χ4v) is 4.71. The van der Waals surface area contributed by atoms with Crippen LogP contribution in [-0.2, 0) is 34.7 Å². The highest BCUT2D eigenvalue weighted by molar-refractivity contribution is 5.90. The van der Waals surface area contributed by atoms with Crippen molar-refractivity contribution in [2.45, 2.75) is 45.4 Å². The Balaban J connectivity index is 1.83. The normalized spacial score (nSPS) is 19.2. The number of ether oxygens (including phenoxy) is 1. The monoisotopic (exact) mass is 402 g/mol. The molecule has 2 aliphatic rings. The van der Waals surface area contributed by atoms with E-state index in [1.807, 2.05) is 18.2 Å². The van der Waals surface area contributed by atoms with E-state index in [1.165, 1.54) is 0 Å². The number of carbonyl (C=O) groups excluding carboxylic acids is 1. The minimum absolute atomic E-state index is 0.120. The Morgan fingerprint density at radius 3 is 2.77 bits per heavy atom. The Hall–Kier alpha value is -3.25. The molecule has 2 aromatic heterocycles. The minimum atomic E-state index is -1.81. The SMILES string of the molecule is C=Cc1ccc2nc3c(c(CC)c2c1)Cn1c-3cc2c(c1=O)COC(=O)[C@]2(O)CC. The van der Waals surface area contributed by atoms with Crippen LogP contribution < -0.4 is 5.56 Å². The molecule has 0 aliphatic carbocycles. The van der Waals surface area contributed by atoms with Crippen molar-refractivity contribution in [1.82, 2.24) is 9.55 Å². The van der Waals surface area contributed by atoms with Gasteiger partial charge in [0.2, 0.25) is 0 Å². The summed E-state index contributed by atoms with van der Waals surface area (Å²) in [4.78, 5) is 30.5. The number of nitrogens with zero attached hydrogens (tertiary/aromatic N) is 2. The van der Waals surface area contributed by atoms with Crippen LogP contribution in [0.15, 0.2) is 35.6 Å². The number of benzene rings is 1.